The number of hydrogen-bond acceptors (Lipinski definition) is 4. The molecule has 0 aromatic heterocycles. The Balaban J connectivity index is 1.89. The molecule has 0 aliphatic carbocycles. The molecule has 2 fully saturated rings. The standard InChI is InChI=1S/C16H18N2O3/c1-21-14(19)13-12-7-4-8-18(12)9-16(13)10-5-2-3-6-11(10)17-15(16)20/h2-3,5-6,12-13H,4,7-9H2,1H3,(H,17,20)/t12-,13-,16-/m0/s1. The maximum Gasteiger partial charge on any atom is 0.311 e. The third kappa shape index (κ3) is 1.50. The number of carbonyl (C=O) groups is 2. The van der Waals surface area contributed by atoms with Crippen molar-refractivity contribution in [2.24, 2.45) is 5.92 Å². The van der Waals surface area contributed by atoms with Crippen LogP contribution in [-0.4, -0.2) is 43.0 Å². The van der Waals surface area contributed by atoms with E-state index in [2.05, 4.69) is 10.2 Å². The van der Waals surface area contributed by atoms with Crippen LogP contribution in [0.15, 0.2) is 24.3 Å². The lowest BCUT2D eigenvalue weighted by atomic mass is 9.70. The average Bonchev–Trinajstić information content (AvgIpc) is 3.12. The third-order valence-electron chi connectivity index (χ3n) is 5.30. The van der Waals surface area contributed by atoms with Crippen molar-refractivity contribution in [3.8, 4) is 0 Å². The van der Waals surface area contributed by atoms with Crippen LogP contribution in [0.2, 0.25) is 0 Å². The van der Waals surface area contributed by atoms with Crippen LogP contribution in [-0.2, 0) is 19.7 Å². The van der Waals surface area contributed by atoms with E-state index in [1.807, 2.05) is 24.3 Å². The van der Waals surface area contributed by atoms with Crippen LogP contribution in [0.3, 0.4) is 0 Å². The van der Waals surface area contributed by atoms with E-state index in [-0.39, 0.29) is 17.9 Å². The number of ether oxygens (including phenoxy) is 1. The highest BCUT2D eigenvalue weighted by Gasteiger charge is 2.64. The highest BCUT2D eigenvalue weighted by Crippen LogP contribution is 2.52. The van der Waals surface area contributed by atoms with Crippen molar-refractivity contribution in [2.75, 3.05) is 25.5 Å². The van der Waals surface area contributed by atoms with Gasteiger partial charge in [0.25, 0.3) is 0 Å². The quantitative estimate of drug-likeness (QED) is 0.787. The molecule has 0 saturated carbocycles. The van der Waals surface area contributed by atoms with E-state index in [1.54, 1.807) is 0 Å². The summed E-state index contributed by atoms with van der Waals surface area (Å²) in [5, 5.41) is 2.96. The Bertz CT molecular complexity index is 630. The average molecular weight is 286 g/mol. The molecular formula is C16H18N2O3. The summed E-state index contributed by atoms with van der Waals surface area (Å²) >= 11 is 0. The Morgan fingerprint density at radius 3 is 3.05 bits per heavy atom. The van der Waals surface area contributed by atoms with Crippen LogP contribution < -0.4 is 5.32 Å². The Morgan fingerprint density at radius 2 is 2.24 bits per heavy atom. The molecule has 1 aromatic rings. The predicted octanol–water partition coefficient (Wildman–Crippen LogP) is 1.14. The van der Waals surface area contributed by atoms with Gasteiger partial charge in [-0.1, -0.05) is 18.2 Å². The number of nitrogens with zero attached hydrogens (tertiary/aromatic N) is 1. The first-order valence-corrected chi connectivity index (χ1v) is 7.41. The predicted molar refractivity (Wildman–Crippen MR) is 76.9 cm³/mol. The number of nitrogens with one attached hydrogen (secondary N) is 1. The number of fused-ring (bicyclic) bond motifs is 3. The van der Waals surface area contributed by atoms with Gasteiger partial charge in [0, 0.05) is 18.3 Å². The second-order valence-electron chi connectivity index (χ2n) is 6.15. The van der Waals surface area contributed by atoms with E-state index in [4.69, 9.17) is 4.74 Å². The van der Waals surface area contributed by atoms with Gasteiger partial charge in [0.15, 0.2) is 0 Å². The van der Waals surface area contributed by atoms with Crippen molar-refractivity contribution in [1.82, 2.24) is 4.90 Å². The third-order valence-corrected chi connectivity index (χ3v) is 5.30. The van der Waals surface area contributed by atoms with E-state index in [0.29, 0.717) is 6.54 Å². The SMILES string of the molecule is COC(=O)[C@@H]1[C@@H]2CCCN2C[C@@]12C(=O)Nc1ccccc12. The summed E-state index contributed by atoms with van der Waals surface area (Å²) in [6, 6.07) is 7.82. The number of carbonyl (C=O) groups excluding carboxylic acids is 2. The molecule has 2 saturated heterocycles. The highest BCUT2D eigenvalue weighted by molar-refractivity contribution is 6.09. The molecule has 3 aliphatic heterocycles. The van der Waals surface area contributed by atoms with E-state index < -0.39 is 11.3 Å². The largest absolute Gasteiger partial charge is 0.469 e. The Morgan fingerprint density at radius 1 is 1.43 bits per heavy atom. The normalized spacial score (nSPS) is 33.9. The molecule has 3 heterocycles. The Kier molecular flexibility index (Phi) is 2.63. The van der Waals surface area contributed by atoms with Gasteiger partial charge >= 0.3 is 5.97 Å². The Hall–Kier alpha value is -1.88. The molecule has 0 radical (unpaired) electrons. The number of rotatable bonds is 1. The van der Waals surface area contributed by atoms with Crippen LogP contribution in [0.25, 0.3) is 0 Å². The maximum absolute atomic E-state index is 12.8. The molecule has 5 heteroatoms. The molecule has 1 N–H and O–H groups in total. The molecule has 0 bridgehead atoms. The lowest BCUT2D eigenvalue weighted by molar-refractivity contribution is -0.150. The van der Waals surface area contributed by atoms with E-state index in [1.165, 1.54) is 7.11 Å². The van der Waals surface area contributed by atoms with Crippen LogP contribution >= 0.6 is 0 Å². The first kappa shape index (κ1) is 12.8. The molecule has 5 nitrogen and oxygen atoms in total. The van der Waals surface area contributed by atoms with Crippen LogP contribution in [0.4, 0.5) is 5.69 Å². The minimum absolute atomic E-state index is 0.0616. The molecule has 4 rings (SSSR count). The minimum Gasteiger partial charge on any atom is -0.469 e. The topological polar surface area (TPSA) is 58.6 Å². The van der Waals surface area contributed by atoms with E-state index in [9.17, 15) is 9.59 Å². The molecule has 1 aromatic carbocycles. The zero-order valence-corrected chi connectivity index (χ0v) is 12.0. The van der Waals surface area contributed by atoms with Crippen molar-refractivity contribution >= 4 is 17.6 Å². The molecule has 3 atom stereocenters. The number of esters is 1. The smallest absolute Gasteiger partial charge is 0.311 e. The molecule has 1 spiro atoms. The van der Waals surface area contributed by atoms with E-state index >= 15 is 0 Å². The second kappa shape index (κ2) is 4.31. The van der Waals surface area contributed by atoms with Gasteiger partial charge in [0.1, 0.15) is 5.41 Å². The first-order valence-electron chi connectivity index (χ1n) is 7.41. The van der Waals surface area contributed by atoms with Crippen molar-refractivity contribution in [2.45, 2.75) is 24.3 Å². The van der Waals surface area contributed by atoms with Crippen molar-refractivity contribution in [3.05, 3.63) is 29.8 Å². The molecule has 21 heavy (non-hydrogen) atoms. The van der Waals surface area contributed by atoms with Crippen molar-refractivity contribution in [1.29, 1.82) is 0 Å². The summed E-state index contributed by atoms with van der Waals surface area (Å²) in [6.07, 6.45) is 2.04. The highest BCUT2D eigenvalue weighted by atomic mass is 16.5. The van der Waals surface area contributed by atoms with Gasteiger partial charge in [0.05, 0.1) is 13.0 Å². The summed E-state index contributed by atoms with van der Waals surface area (Å²) in [7, 11) is 1.41. The van der Waals surface area contributed by atoms with Crippen molar-refractivity contribution in [3.63, 3.8) is 0 Å². The molecule has 3 aliphatic rings. The molecule has 110 valence electrons. The summed E-state index contributed by atoms with van der Waals surface area (Å²) in [6.45, 7) is 1.57. The number of anilines is 1. The number of methoxy groups -OCH3 is 1. The van der Waals surface area contributed by atoms with Gasteiger partial charge in [-0.25, -0.2) is 0 Å². The van der Waals surface area contributed by atoms with Gasteiger partial charge in [-0.05, 0) is 31.0 Å². The number of para-hydroxylation sites is 1. The minimum atomic E-state index is -0.783. The monoisotopic (exact) mass is 286 g/mol. The lowest BCUT2D eigenvalue weighted by Gasteiger charge is -2.28. The van der Waals surface area contributed by atoms with Crippen LogP contribution in [0.5, 0.6) is 0 Å². The first-order chi connectivity index (χ1) is 10.2. The molecule has 0 unspecified atom stereocenters. The number of hydrogen-bond donors (Lipinski definition) is 1. The van der Waals surface area contributed by atoms with Gasteiger partial charge in [-0.3, -0.25) is 14.5 Å². The zero-order chi connectivity index (χ0) is 14.6. The molecule has 1 amide bonds. The number of benzene rings is 1. The maximum atomic E-state index is 12.8. The van der Waals surface area contributed by atoms with Crippen LogP contribution in [0, 0.1) is 5.92 Å². The number of amides is 1. The fraction of sp³-hybridized carbons (Fsp3) is 0.500. The zero-order valence-electron chi connectivity index (χ0n) is 12.0. The summed E-state index contributed by atoms with van der Waals surface area (Å²) in [5.41, 5.74) is 0.992. The van der Waals surface area contributed by atoms with Crippen molar-refractivity contribution < 1.29 is 14.3 Å². The summed E-state index contributed by atoms with van der Waals surface area (Å²) in [5.74, 6) is -0.738. The van der Waals surface area contributed by atoms with Gasteiger partial charge in [-0.2, -0.15) is 0 Å². The summed E-state index contributed by atoms with van der Waals surface area (Å²) < 4.78 is 5.05. The second-order valence-corrected chi connectivity index (χ2v) is 6.15. The fourth-order valence-electron chi connectivity index (χ4n) is 4.46. The fourth-order valence-corrected chi connectivity index (χ4v) is 4.46. The van der Waals surface area contributed by atoms with Crippen LogP contribution in [0.1, 0.15) is 18.4 Å². The molecular weight excluding hydrogens is 268 g/mol. The van der Waals surface area contributed by atoms with E-state index in [0.717, 1.165) is 30.6 Å². The van der Waals surface area contributed by atoms with Gasteiger partial charge < -0.3 is 10.1 Å². The van der Waals surface area contributed by atoms with Gasteiger partial charge in [-0.15, -0.1) is 0 Å². The lowest BCUT2D eigenvalue weighted by Crippen LogP contribution is -2.47. The summed E-state index contributed by atoms with van der Waals surface area (Å²) in [4.78, 5) is 27.5. The Labute approximate surface area is 123 Å². The van der Waals surface area contributed by atoms with Gasteiger partial charge in [0.2, 0.25) is 5.91 Å².